The molecule has 0 aromatic carbocycles. The molecule has 1 unspecified atom stereocenters. The zero-order valence-corrected chi connectivity index (χ0v) is 28.5. The highest BCUT2D eigenvalue weighted by atomic mass is 16.6. The molecule has 1 N–H and O–H groups in total. The average Bonchev–Trinajstić information content (AvgIpc) is 3.01. The standard InChI is InChI=1S/C39H70O4/c1-3-5-7-9-11-13-15-17-19-21-23-25-27-29-31-33-35-42-37-38(36-40)43-39(41)34-32-30-28-26-24-22-20-18-16-14-12-10-8-6-4-2/h6,8,12,14,18,20,24,26,38,40H,3-5,7,9-11,13,15-17,19,21-23,25,27-37H2,1-2H3/b8-6-,14-12-,20-18-,26-24-. The molecule has 1 atom stereocenters. The normalized spacial score (nSPS) is 12.9. The highest BCUT2D eigenvalue weighted by Gasteiger charge is 2.13. The minimum atomic E-state index is -0.553. The van der Waals surface area contributed by atoms with E-state index in [2.05, 4.69) is 62.5 Å². The molecule has 0 rings (SSSR count). The molecule has 4 heteroatoms. The van der Waals surface area contributed by atoms with Crippen molar-refractivity contribution in [2.45, 2.75) is 174 Å². The molecule has 0 bridgehead atoms. The molecule has 0 aliphatic carbocycles. The maximum Gasteiger partial charge on any atom is 0.306 e. The fraction of sp³-hybridized carbons (Fsp3) is 0.769. The number of hydrogen-bond acceptors (Lipinski definition) is 4. The third-order valence-electron chi connectivity index (χ3n) is 7.67. The van der Waals surface area contributed by atoms with Gasteiger partial charge in [-0.15, -0.1) is 0 Å². The third-order valence-corrected chi connectivity index (χ3v) is 7.67. The predicted octanol–water partition coefficient (Wildman–Crippen LogP) is 11.5. The third kappa shape index (κ3) is 34.7. The van der Waals surface area contributed by atoms with Crippen LogP contribution >= 0.6 is 0 Å². The van der Waals surface area contributed by atoms with Crippen LogP contribution in [0.2, 0.25) is 0 Å². The molecule has 0 spiro atoms. The van der Waals surface area contributed by atoms with Gasteiger partial charge in [-0.3, -0.25) is 4.79 Å². The molecule has 0 aromatic heterocycles. The minimum Gasteiger partial charge on any atom is -0.457 e. The minimum absolute atomic E-state index is 0.188. The first-order valence-electron chi connectivity index (χ1n) is 18.2. The Morgan fingerprint density at radius 3 is 1.53 bits per heavy atom. The average molecular weight is 603 g/mol. The quantitative estimate of drug-likeness (QED) is 0.0461. The Morgan fingerprint density at radius 1 is 0.581 bits per heavy atom. The van der Waals surface area contributed by atoms with E-state index in [0.29, 0.717) is 13.0 Å². The molecule has 0 heterocycles. The van der Waals surface area contributed by atoms with Gasteiger partial charge in [-0.25, -0.2) is 0 Å². The molecule has 43 heavy (non-hydrogen) atoms. The SMILES string of the molecule is CC/C=C\C/C=C\C/C=C\C/C=C\CCCCC(=O)OC(CO)COCCCCCCCCCCCCCCCCCC. The second-order valence-corrected chi connectivity index (χ2v) is 11.9. The number of carbonyl (C=O) groups is 1. The Morgan fingerprint density at radius 2 is 1.05 bits per heavy atom. The zero-order valence-electron chi connectivity index (χ0n) is 28.5. The summed E-state index contributed by atoms with van der Waals surface area (Å²) in [4.78, 5) is 12.1. The van der Waals surface area contributed by atoms with Gasteiger partial charge in [0.25, 0.3) is 0 Å². The van der Waals surface area contributed by atoms with Gasteiger partial charge in [-0.2, -0.15) is 0 Å². The van der Waals surface area contributed by atoms with Crippen LogP contribution in [0.3, 0.4) is 0 Å². The Balaban J connectivity index is 3.51. The summed E-state index contributed by atoms with van der Waals surface area (Å²) in [5, 5.41) is 9.54. The number of unbranched alkanes of at least 4 members (excludes halogenated alkanes) is 17. The zero-order chi connectivity index (χ0) is 31.3. The van der Waals surface area contributed by atoms with Gasteiger partial charge in [-0.05, 0) is 51.4 Å². The van der Waals surface area contributed by atoms with Crippen LogP contribution in [0, 0.1) is 0 Å². The molecule has 0 amide bonds. The Bertz CT molecular complexity index is 679. The highest BCUT2D eigenvalue weighted by Crippen LogP contribution is 2.14. The summed E-state index contributed by atoms with van der Waals surface area (Å²) in [6.45, 7) is 5.19. The van der Waals surface area contributed by atoms with Gasteiger partial charge in [0.1, 0.15) is 6.10 Å². The molecule has 0 saturated carbocycles. The maximum atomic E-state index is 12.1. The number of aliphatic hydroxyl groups is 1. The van der Waals surface area contributed by atoms with Crippen molar-refractivity contribution in [1.82, 2.24) is 0 Å². The number of rotatable bonds is 33. The van der Waals surface area contributed by atoms with Crippen LogP contribution < -0.4 is 0 Å². The molecule has 250 valence electrons. The van der Waals surface area contributed by atoms with Crippen molar-refractivity contribution in [1.29, 1.82) is 0 Å². The summed E-state index contributed by atoms with van der Waals surface area (Å²) in [5.74, 6) is -0.241. The molecule has 0 radical (unpaired) electrons. The Labute approximate surface area is 267 Å². The summed E-state index contributed by atoms with van der Waals surface area (Å²) in [7, 11) is 0. The molecule has 4 nitrogen and oxygen atoms in total. The monoisotopic (exact) mass is 603 g/mol. The molecule has 0 saturated heterocycles. The van der Waals surface area contributed by atoms with Crippen molar-refractivity contribution in [3.8, 4) is 0 Å². The van der Waals surface area contributed by atoms with E-state index in [1.807, 2.05) is 0 Å². The van der Waals surface area contributed by atoms with Crippen molar-refractivity contribution < 1.29 is 19.4 Å². The van der Waals surface area contributed by atoms with Crippen molar-refractivity contribution in [3.05, 3.63) is 48.6 Å². The molecule has 0 aromatic rings. The van der Waals surface area contributed by atoms with E-state index in [-0.39, 0.29) is 19.2 Å². The molecular weight excluding hydrogens is 532 g/mol. The van der Waals surface area contributed by atoms with Crippen LogP contribution in [0.25, 0.3) is 0 Å². The van der Waals surface area contributed by atoms with Gasteiger partial charge < -0.3 is 14.6 Å². The number of carbonyl (C=O) groups excluding carboxylic acids is 1. The summed E-state index contributed by atoms with van der Waals surface area (Å²) in [6.07, 6.45) is 45.8. The lowest BCUT2D eigenvalue weighted by molar-refractivity contribution is -0.154. The van der Waals surface area contributed by atoms with E-state index in [0.717, 1.165) is 51.4 Å². The van der Waals surface area contributed by atoms with Gasteiger partial charge in [0.2, 0.25) is 0 Å². The first kappa shape index (κ1) is 41.4. The van der Waals surface area contributed by atoms with E-state index >= 15 is 0 Å². The van der Waals surface area contributed by atoms with Crippen molar-refractivity contribution in [3.63, 3.8) is 0 Å². The number of aliphatic hydroxyl groups excluding tert-OH is 1. The summed E-state index contributed by atoms with van der Waals surface area (Å²) >= 11 is 0. The van der Waals surface area contributed by atoms with Crippen molar-refractivity contribution in [2.75, 3.05) is 19.8 Å². The summed E-state index contributed by atoms with van der Waals surface area (Å²) < 4.78 is 11.1. The number of hydrogen-bond donors (Lipinski definition) is 1. The van der Waals surface area contributed by atoms with E-state index in [4.69, 9.17) is 9.47 Å². The van der Waals surface area contributed by atoms with E-state index in [1.54, 1.807) is 0 Å². The second-order valence-electron chi connectivity index (χ2n) is 11.9. The van der Waals surface area contributed by atoms with Crippen LogP contribution in [0.5, 0.6) is 0 Å². The Hall–Kier alpha value is -1.65. The smallest absolute Gasteiger partial charge is 0.306 e. The van der Waals surface area contributed by atoms with Crippen LogP contribution in [0.1, 0.15) is 168 Å². The van der Waals surface area contributed by atoms with Gasteiger partial charge in [0.05, 0.1) is 13.2 Å². The summed E-state index contributed by atoms with van der Waals surface area (Å²) in [5.41, 5.74) is 0. The number of esters is 1. The lowest BCUT2D eigenvalue weighted by atomic mass is 10.0. The Kier molecular flexibility index (Phi) is 35.1. The van der Waals surface area contributed by atoms with Gasteiger partial charge in [0, 0.05) is 13.0 Å². The summed E-state index contributed by atoms with van der Waals surface area (Å²) in [6, 6.07) is 0. The van der Waals surface area contributed by atoms with E-state index in [1.165, 1.54) is 96.3 Å². The van der Waals surface area contributed by atoms with Crippen LogP contribution in [0.15, 0.2) is 48.6 Å². The topological polar surface area (TPSA) is 55.8 Å². The molecule has 0 aliphatic rings. The van der Waals surface area contributed by atoms with Crippen molar-refractivity contribution >= 4 is 5.97 Å². The van der Waals surface area contributed by atoms with Crippen LogP contribution in [-0.2, 0) is 14.3 Å². The lowest BCUT2D eigenvalue weighted by Crippen LogP contribution is -2.27. The second kappa shape index (κ2) is 36.5. The lowest BCUT2D eigenvalue weighted by Gasteiger charge is -2.15. The molecule has 0 fully saturated rings. The largest absolute Gasteiger partial charge is 0.457 e. The fourth-order valence-corrected chi connectivity index (χ4v) is 4.96. The molecule has 0 aliphatic heterocycles. The van der Waals surface area contributed by atoms with E-state index in [9.17, 15) is 9.90 Å². The fourth-order valence-electron chi connectivity index (χ4n) is 4.96. The number of ether oxygens (including phenoxy) is 2. The highest BCUT2D eigenvalue weighted by molar-refractivity contribution is 5.69. The predicted molar refractivity (Wildman–Crippen MR) is 187 cm³/mol. The van der Waals surface area contributed by atoms with Crippen molar-refractivity contribution in [2.24, 2.45) is 0 Å². The van der Waals surface area contributed by atoms with Gasteiger partial charge >= 0.3 is 5.97 Å². The first-order valence-corrected chi connectivity index (χ1v) is 18.2. The number of allylic oxidation sites excluding steroid dienone is 8. The van der Waals surface area contributed by atoms with E-state index < -0.39 is 6.10 Å². The van der Waals surface area contributed by atoms with Crippen LogP contribution in [-0.4, -0.2) is 37.0 Å². The molecular formula is C39H70O4. The van der Waals surface area contributed by atoms with Gasteiger partial charge in [-0.1, -0.05) is 159 Å². The first-order chi connectivity index (χ1) is 21.2. The van der Waals surface area contributed by atoms with Crippen LogP contribution in [0.4, 0.5) is 0 Å². The maximum absolute atomic E-state index is 12.1. The van der Waals surface area contributed by atoms with Gasteiger partial charge in [0.15, 0.2) is 0 Å².